The molecular weight excluding hydrogens is 306 g/mol. The lowest BCUT2D eigenvalue weighted by Crippen LogP contribution is -2.24. The van der Waals surface area contributed by atoms with Gasteiger partial charge in [-0.1, -0.05) is 30.6 Å². The number of halogens is 1. The Kier molecular flexibility index (Phi) is 5.38. The minimum absolute atomic E-state index is 0.187. The van der Waals surface area contributed by atoms with Gasteiger partial charge in [-0.2, -0.15) is 4.98 Å². The first kappa shape index (κ1) is 16.3. The fourth-order valence-corrected chi connectivity index (χ4v) is 2.06. The SMILES string of the molecule is COc1cc(Cl)ccc1C(=O)NCc1noc(CC(C)C)n1. The van der Waals surface area contributed by atoms with E-state index in [1.54, 1.807) is 18.2 Å². The minimum atomic E-state index is -0.288. The summed E-state index contributed by atoms with van der Waals surface area (Å²) in [7, 11) is 1.49. The van der Waals surface area contributed by atoms with Crippen LogP contribution in [0.4, 0.5) is 0 Å². The Morgan fingerprint density at radius 2 is 2.23 bits per heavy atom. The van der Waals surface area contributed by atoms with Crippen LogP contribution in [-0.2, 0) is 13.0 Å². The van der Waals surface area contributed by atoms with Crippen molar-refractivity contribution in [3.63, 3.8) is 0 Å². The Morgan fingerprint density at radius 3 is 2.91 bits per heavy atom. The van der Waals surface area contributed by atoms with Gasteiger partial charge in [-0.15, -0.1) is 0 Å². The van der Waals surface area contributed by atoms with Crippen molar-refractivity contribution in [3.8, 4) is 5.75 Å². The number of nitrogens with zero attached hydrogens (tertiary/aromatic N) is 2. The molecule has 0 saturated heterocycles. The van der Waals surface area contributed by atoms with Crippen LogP contribution in [0.25, 0.3) is 0 Å². The lowest BCUT2D eigenvalue weighted by Gasteiger charge is -2.08. The number of carbonyl (C=O) groups is 1. The zero-order valence-electron chi connectivity index (χ0n) is 12.7. The monoisotopic (exact) mass is 323 g/mol. The van der Waals surface area contributed by atoms with Crippen LogP contribution >= 0.6 is 11.6 Å². The van der Waals surface area contributed by atoms with E-state index in [0.29, 0.717) is 40.4 Å². The molecule has 6 nitrogen and oxygen atoms in total. The molecule has 0 unspecified atom stereocenters. The number of nitrogens with one attached hydrogen (secondary N) is 1. The molecule has 7 heteroatoms. The van der Waals surface area contributed by atoms with Crippen LogP contribution in [-0.4, -0.2) is 23.2 Å². The highest BCUT2D eigenvalue weighted by Gasteiger charge is 2.14. The maximum Gasteiger partial charge on any atom is 0.255 e. The average Bonchev–Trinajstić information content (AvgIpc) is 2.91. The van der Waals surface area contributed by atoms with Crippen molar-refractivity contribution in [1.29, 1.82) is 0 Å². The van der Waals surface area contributed by atoms with Gasteiger partial charge >= 0.3 is 0 Å². The van der Waals surface area contributed by atoms with E-state index in [9.17, 15) is 4.79 Å². The highest BCUT2D eigenvalue weighted by Crippen LogP contribution is 2.23. The molecule has 1 aromatic heterocycles. The molecular formula is C15H18ClN3O3. The van der Waals surface area contributed by atoms with Crippen molar-refractivity contribution < 1.29 is 14.1 Å². The molecule has 1 N–H and O–H groups in total. The molecule has 0 aliphatic rings. The molecule has 0 fully saturated rings. The van der Waals surface area contributed by atoms with E-state index < -0.39 is 0 Å². The zero-order valence-corrected chi connectivity index (χ0v) is 13.5. The van der Waals surface area contributed by atoms with E-state index >= 15 is 0 Å². The van der Waals surface area contributed by atoms with Gasteiger partial charge < -0.3 is 14.6 Å². The standard InChI is InChI=1S/C15H18ClN3O3/c1-9(2)6-14-18-13(19-22-14)8-17-15(20)11-5-4-10(16)7-12(11)21-3/h4-5,7,9H,6,8H2,1-3H3,(H,17,20). The van der Waals surface area contributed by atoms with Crippen molar-refractivity contribution in [2.75, 3.05) is 7.11 Å². The van der Waals surface area contributed by atoms with Gasteiger partial charge in [0.25, 0.3) is 5.91 Å². The Labute approximate surface area is 133 Å². The largest absolute Gasteiger partial charge is 0.496 e. The van der Waals surface area contributed by atoms with E-state index in [1.807, 2.05) is 0 Å². The van der Waals surface area contributed by atoms with Crippen LogP contribution in [0.3, 0.4) is 0 Å². The third-order valence-corrected chi connectivity index (χ3v) is 3.14. The lowest BCUT2D eigenvalue weighted by atomic mass is 10.1. The van der Waals surface area contributed by atoms with Gasteiger partial charge in [-0.25, -0.2) is 0 Å². The maximum atomic E-state index is 12.2. The molecule has 0 radical (unpaired) electrons. The summed E-state index contributed by atoms with van der Waals surface area (Å²) in [6.45, 7) is 4.32. The van der Waals surface area contributed by atoms with Crippen LogP contribution in [0.1, 0.15) is 35.9 Å². The number of methoxy groups -OCH3 is 1. The summed E-state index contributed by atoms with van der Waals surface area (Å²) < 4.78 is 10.3. The van der Waals surface area contributed by atoms with Gasteiger partial charge in [0.05, 0.1) is 19.2 Å². The van der Waals surface area contributed by atoms with Crippen LogP contribution in [0.5, 0.6) is 5.75 Å². The van der Waals surface area contributed by atoms with Gasteiger partial charge in [0.1, 0.15) is 5.75 Å². The Morgan fingerprint density at radius 1 is 1.45 bits per heavy atom. The van der Waals surface area contributed by atoms with Crippen LogP contribution < -0.4 is 10.1 Å². The smallest absolute Gasteiger partial charge is 0.255 e. The molecule has 1 heterocycles. The van der Waals surface area contributed by atoms with Crippen molar-refractivity contribution in [1.82, 2.24) is 15.5 Å². The molecule has 0 saturated carbocycles. The van der Waals surface area contributed by atoms with Crippen molar-refractivity contribution in [2.24, 2.45) is 5.92 Å². The first-order valence-corrected chi connectivity index (χ1v) is 7.30. The van der Waals surface area contributed by atoms with Gasteiger partial charge in [0, 0.05) is 11.4 Å². The molecule has 118 valence electrons. The predicted octanol–water partition coefficient (Wildman–Crippen LogP) is 2.86. The number of hydrogen-bond donors (Lipinski definition) is 1. The van der Waals surface area contributed by atoms with E-state index in [1.165, 1.54) is 7.11 Å². The Bertz CT molecular complexity index is 655. The molecule has 0 spiro atoms. The molecule has 2 rings (SSSR count). The molecule has 0 atom stereocenters. The summed E-state index contributed by atoms with van der Waals surface area (Å²) in [4.78, 5) is 16.4. The molecule has 0 aliphatic heterocycles. The second-order valence-corrected chi connectivity index (χ2v) is 5.67. The first-order chi connectivity index (χ1) is 10.5. The number of ether oxygens (including phenoxy) is 1. The molecule has 0 aliphatic carbocycles. The molecule has 22 heavy (non-hydrogen) atoms. The number of carbonyl (C=O) groups excluding carboxylic acids is 1. The number of amides is 1. The first-order valence-electron chi connectivity index (χ1n) is 6.92. The molecule has 0 bridgehead atoms. The van der Waals surface area contributed by atoms with Gasteiger partial charge in [-0.3, -0.25) is 4.79 Å². The topological polar surface area (TPSA) is 77.2 Å². The quantitative estimate of drug-likeness (QED) is 0.884. The average molecular weight is 324 g/mol. The van der Waals surface area contributed by atoms with Gasteiger partial charge in [-0.05, 0) is 24.1 Å². The fraction of sp³-hybridized carbons (Fsp3) is 0.400. The minimum Gasteiger partial charge on any atom is -0.496 e. The summed E-state index contributed by atoms with van der Waals surface area (Å²) in [5, 5.41) is 7.07. The van der Waals surface area contributed by atoms with Crippen molar-refractivity contribution in [3.05, 3.63) is 40.5 Å². The lowest BCUT2D eigenvalue weighted by molar-refractivity contribution is 0.0946. The Hall–Kier alpha value is -2.08. The summed E-state index contributed by atoms with van der Waals surface area (Å²) in [6, 6.07) is 4.83. The third kappa shape index (κ3) is 4.21. The highest BCUT2D eigenvalue weighted by molar-refractivity contribution is 6.30. The molecule has 1 aromatic carbocycles. The number of rotatable bonds is 6. The van der Waals surface area contributed by atoms with E-state index in [0.717, 1.165) is 0 Å². The Balaban J connectivity index is 1.99. The maximum absolute atomic E-state index is 12.2. The second kappa shape index (κ2) is 7.26. The van der Waals surface area contributed by atoms with Gasteiger partial charge in [0.15, 0.2) is 5.82 Å². The van der Waals surface area contributed by atoms with E-state index in [-0.39, 0.29) is 12.5 Å². The number of aromatic nitrogens is 2. The van der Waals surface area contributed by atoms with E-state index in [2.05, 4.69) is 29.3 Å². The van der Waals surface area contributed by atoms with Crippen LogP contribution in [0, 0.1) is 5.92 Å². The summed E-state index contributed by atoms with van der Waals surface area (Å²) >= 11 is 5.87. The number of benzene rings is 1. The predicted molar refractivity (Wildman–Crippen MR) is 82.0 cm³/mol. The van der Waals surface area contributed by atoms with Crippen molar-refractivity contribution in [2.45, 2.75) is 26.8 Å². The van der Waals surface area contributed by atoms with Gasteiger partial charge in [0.2, 0.25) is 5.89 Å². The highest BCUT2D eigenvalue weighted by atomic mass is 35.5. The fourth-order valence-electron chi connectivity index (χ4n) is 1.90. The summed E-state index contributed by atoms with van der Waals surface area (Å²) in [5.74, 6) is 1.57. The normalized spacial score (nSPS) is 10.8. The summed E-state index contributed by atoms with van der Waals surface area (Å²) in [6.07, 6.45) is 0.714. The van der Waals surface area contributed by atoms with E-state index in [4.69, 9.17) is 20.9 Å². The summed E-state index contributed by atoms with van der Waals surface area (Å²) in [5.41, 5.74) is 0.401. The molecule has 2 aromatic rings. The van der Waals surface area contributed by atoms with Crippen LogP contribution in [0.2, 0.25) is 5.02 Å². The molecule has 1 amide bonds. The third-order valence-electron chi connectivity index (χ3n) is 2.91. The number of hydrogen-bond acceptors (Lipinski definition) is 5. The second-order valence-electron chi connectivity index (χ2n) is 5.23. The van der Waals surface area contributed by atoms with Crippen molar-refractivity contribution >= 4 is 17.5 Å². The van der Waals surface area contributed by atoms with Crippen LogP contribution in [0.15, 0.2) is 22.7 Å². The zero-order chi connectivity index (χ0) is 16.1.